The second kappa shape index (κ2) is 5.47. The Hall–Kier alpha value is -0.900. The van der Waals surface area contributed by atoms with Crippen molar-refractivity contribution in [3.05, 3.63) is 0 Å². The van der Waals surface area contributed by atoms with Crippen LogP contribution in [0, 0.1) is 29.6 Å². The maximum atomic E-state index is 12.2. The molecular formula is C16H24O4. The predicted octanol–water partition coefficient (Wildman–Crippen LogP) is 2.55. The molecule has 0 radical (unpaired) electrons. The Kier molecular flexibility index (Phi) is 3.85. The molecule has 0 aliphatic heterocycles. The molecule has 0 aromatic carbocycles. The van der Waals surface area contributed by atoms with E-state index in [0.29, 0.717) is 17.6 Å². The summed E-state index contributed by atoms with van der Waals surface area (Å²) in [5.74, 6) is 1.69. The van der Waals surface area contributed by atoms with Gasteiger partial charge in [0.15, 0.2) is 6.79 Å². The molecule has 0 heterocycles. The lowest BCUT2D eigenvalue weighted by atomic mass is 9.54. The standard InChI is InChI=1S/C16H24O4/c1-3-9(2)16(18)20-8-19-15-12-5-10-4-11(7-12)14(17)13(15)6-10/h9-13,15H,3-8H2,1-2H3. The van der Waals surface area contributed by atoms with Gasteiger partial charge in [0.1, 0.15) is 5.78 Å². The Labute approximate surface area is 120 Å². The van der Waals surface area contributed by atoms with E-state index in [-0.39, 0.29) is 30.7 Å². The minimum absolute atomic E-state index is 0.00343. The fraction of sp³-hybridized carbons (Fsp3) is 0.875. The number of Topliss-reactive ketones (excluding diaryl/α,β-unsaturated/α-hetero) is 1. The Balaban J connectivity index is 1.53. The van der Waals surface area contributed by atoms with Gasteiger partial charge >= 0.3 is 5.97 Å². The predicted molar refractivity (Wildman–Crippen MR) is 72.7 cm³/mol. The first-order valence-corrected chi connectivity index (χ1v) is 7.92. The first-order valence-electron chi connectivity index (χ1n) is 7.92. The van der Waals surface area contributed by atoms with Gasteiger partial charge in [0.05, 0.1) is 12.0 Å². The van der Waals surface area contributed by atoms with Crippen molar-refractivity contribution < 1.29 is 19.1 Å². The highest BCUT2D eigenvalue weighted by Gasteiger charge is 2.53. The Morgan fingerprint density at radius 2 is 2.10 bits per heavy atom. The third-order valence-corrected chi connectivity index (χ3v) is 5.53. The monoisotopic (exact) mass is 280 g/mol. The minimum Gasteiger partial charge on any atom is -0.438 e. The molecule has 6 unspecified atom stereocenters. The molecule has 0 aromatic rings. The molecule has 6 atom stereocenters. The van der Waals surface area contributed by atoms with Gasteiger partial charge < -0.3 is 9.47 Å². The number of carbonyl (C=O) groups excluding carboxylic acids is 2. The molecule has 0 N–H and O–H groups in total. The number of esters is 1. The van der Waals surface area contributed by atoms with Crippen LogP contribution in [0.4, 0.5) is 0 Å². The highest BCUT2D eigenvalue weighted by atomic mass is 16.7. The summed E-state index contributed by atoms with van der Waals surface area (Å²) in [6.07, 6.45) is 5.01. The van der Waals surface area contributed by atoms with E-state index < -0.39 is 0 Å². The zero-order valence-electron chi connectivity index (χ0n) is 12.3. The van der Waals surface area contributed by atoms with Crippen molar-refractivity contribution in [1.29, 1.82) is 0 Å². The van der Waals surface area contributed by atoms with Gasteiger partial charge in [0.2, 0.25) is 0 Å². The van der Waals surface area contributed by atoms with Gasteiger partial charge in [-0.2, -0.15) is 0 Å². The summed E-state index contributed by atoms with van der Waals surface area (Å²) in [6.45, 7) is 3.82. The van der Waals surface area contributed by atoms with E-state index in [0.717, 1.165) is 31.6 Å². The zero-order chi connectivity index (χ0) is 14.3. The van der Waals surface area contributed by atoms with Crippen molar-refractivity contribution in [3.8, 4) is 0 Å². The maximum Gasteiger partial charge on any atom is 0.310 e. The van der Waals surface area contributed by atoms with Crippen molar-refractivity contribution in [2.45, 2.75) is 52.1 Å². The van der Waals surface area contributed by atoms with Crippen LogP contribution in [0.15, 0.2) is 0 Å². The molecular weight excluding hydrogens is 256 g/mol. The van der Waals surface area contributed by atoms with E-state index in [1.807, 2.05) is 13.8 Å². The molecule has 4 aliphatic rings. The van der Waals surface area contributed by atoms with Crippen molar-refractivity contribution in [1.82, 2.24) is 0 Å². The number of ether oxygens (including phenoxy) is 2. The average molecular weight is 280 g/mol. The number of carbonyl (C=O) groups is 2. The highest BCUT2D eigenvalue weighted by molar-refractivity contribution is 5.86. The summed E-state index contributed by atoms with van der Waals surface area (Å²) in [4.78, 5) is 23.9. The van der Waals surface area contributed by atoms with Crippen LogP contribution in [-0.2, 0) is 19.1 Å². The molecule has 0 aromatic heterocycles. The lowest BCUT2D eigenvalue weighted by molar-refractivity contribution is -0.190. The molecule has 4 aliphatic carbocycles. The van der Waals surface area contributed by atoms with E-state index in [1.54, 1.807) is 0 Å². The number of ketones is 1. The molecule has 20 heavy (non-hydrogen) atoms. The topological polar surface area (TPSA) is 52.6 Å². The van der Waals surface area contributed by atoms with E-state index in [4.69, 9.17) is 9.47 Å². The minimum atomic E-state index is -0.206. The highest BCUT2D eigenvalue weighted by Crippen LogP contribution is 2.52. The SMILES string of the molecule is CCC(C)C(=O)OCOC1C2CC3CC(C2)C(=O)C1C3. The number of hydrogen-bond acceptors (Lipinski definition) is 4. The quantitative estimate of drug-likeness (QED) is 0.573. The average Bonchev–Trinajstić information content (AvgIpc) is 2.45. The van der Waals surface area contributed by atoms with Crippen LogP contribution >= 0.6 is 0 Å². The van der Waals surface area contributed by atoms with Gasteiger partial charge in [-0.05, 0) is 43.9 Å². The Bertz CT molecular complexity index is 405. The fourth-order valence-corrected chi connectivity index (χ4v) is 4.31. The van der Waals surface area contributed by atoms with Crippen molar-refractivity contribution in [2.24, 2.45) is 29.6 Å². The van der Waals surface area contributed by atoms with Gasteiger partial charge in [-0.3, -0.25) is 9.59 Å². The summed E-state index contributed by atoms with van der Waals surface area (Å²) in [5, 5.41) is 0. The smallest absolute Gasteiger partial charge is 0.310 e. The van der Waals surface area contributed by atoms with Crippen LogP contribution in [0.5, 0.6) is 0 Å². The van der Waals surface area contributed by atoms with Crippen molar-refractivity contribution in [3.63, 3.8) is 0 Å². The molecule has 0 spiro atoms. The first kappa shape index (κ1) is 14.1. The second-order valence-corrected chi connectivity index (χ2v) is 6.80. The third-order valence-electron chi connectivity index (χ3n) is 5.53. The van der Waals surface area contributed by atoms with Crippen LogP contribution in [0.2, 0.25) is 0 Å². The van der Waals surface area contributed by atoms with Crippen LogP contribution in [0.3, 0.4) is 0 Å². The van der Waals surface area contributed by atoms with Crippen molar-refractivity contribution >= 4 is 11.8 Å². The second-order valence-electron chi connectivity index (χ2n) is 6.80. The van der Waals surface area contributed by atoms with Gasteiger partial charge in [0, 0.05) is 11.8 Å². The molecule has 4 saturated carbocycles. The Morgan fingerprint density at radius 1 is 1.30 bits per heavy atom. The molecule has 0 amide bonds. The molecule has 4 nitrogen and oxygen atoms in total. The third kappa shape index (κ3) is 2.39. The van der Waals surface area contributed by atoms with Crippen LogP contribution in [0.25, 0.3) is 0 Å². The number of rotatable bonds is 5. The molecule has 112 valence electrons. The lowest BCUT2D eigenvalue weighted by Crippen LogP contribution is -2.55. The van der Waals surface area contributed by atoms with E-state index >= 15 is 0 Å². The van der Waals surface area contributed by atoms with E-state index in [9.17, 15) is 9.59 Å². The molecule has 4 bridgehead atoms. The number of hydrogen-bond donors (Lipinski definition) is 0. The summed E-state index contributed by atoms with van der Waals surface area (Å²) in [5.41, 5.74) is 0. The van der Waals surface area contributed by atoms with Gasteiger partial charge in [-0.15, -0.1) is 0 Å². The molecule has 0 saturated heterocycles. The molecule has 4 heteroatoms. The van der Waals surface area contributed by atoms with E-state index in [2.05, 4.69) is 0 Å². The Morgan fingerprint density at radius 3 is 2.85 bits per heavy atom. The molecule has 4 fully saturated rings. The summed E-state index contributed by atoms with van der Waals surface area (Å²) in [6, 6.07) is 0. The molecule has 4 rings (SSSR count). The lowest BCUT2D eigenvalue weighted by Gasteiger charge is -2.52. The fourth-order valence-electron chi connectivity index (χ4n) is 4.31. The summed E-state index contributed by atoms with van der Waals surface area (Å²) < 4.78 is 11.0. The summed E-state index contributed by atoms with van der Waals surface area (Å²) in [7, 11) is 0. The van der Waals surface area contributed by atoms with Crippen LogP contribution in [0.1, 0.15) is 46.0 Å². The van der Waals surface area contributed by atoms with E-state index in [1.165, 1.54) is 6.42 Å². The normalized spacial score (nSPS) is 39.9. The van der Waals surface area contributed by atoms with Gasteiger partial charge in [0.25, 0.3) is 0 Å². The van der Waals surface area contributed by atoms with Gasteiger partial charge in [-0.25, -0.2) is 0 Å². The van der Waals surface area contributed by atoms with Crippen molar-refractivity contribution in [2.75, 3.05) is 6.79 Å². The zero-order valence-corrected chi connectivity index (χ0v) is 12.3. The van der Waals surface area contributed by atoms with Gasteiger partial charge in [-0.1, -0.05) is 13.8 Å². The largest absolute Gasteiger partial charge is 0.438 e. The maximum absolute atomic E-state index is 12.2. The first-order chi connectivity index (χ1) is 9.60. The van der Waals surface area contributed by atoms with Crippen LogP contribution in [-0.4, -0.2) is 24.6 Å². The van der Waals surface area contributed by atoms with Crippen LogP contribution < -0.4 is 0 Å². The summed E-state index contributed by atoms with van der Waals surface area (Å²) >= 11 is 0.